The molecule has 2 aromatic carbocycles. The van der Waals surface area contributed by atoms with E-state index in [1.54, 1.807) is 18.2 Å². The molecule has 0 saturated heterocycles. The Bertz CT molecular complexity index is 739. The number of anilines is 1. The maximum Gasteiger partial charge on any atom is 0.257 e. The number of carbonyl (C=O) groups is 1. The number of halogens is 3. The molecule has 1 amide bonds. The minimum absolute atomic E-state index is 0.00913. The number of thiocarbonyl (C=S) groups is 1. The number of hydrogen-bond donors (Lipinski definition) is 2. The fourth-order valence-corrected chi connectivity index (χ4v) is 2.42. The van der Waals surface area contributed by atoms with E-state index in [2.05, 4.69) is 21.2 Å². The Balaban J connectivity index is 2.36. The Hall–Kier alpha value is -1.50. The molecule has 0 radical (unpaired) electrons. The van der Waals surface area contributed by atoms with Crippen LogP contribution in [0.25, 0.3) is 0 Å². The van der Waals surface area contributed by atoms with Gasteiger partial charge >= 0.3 is 0 Å². The maximum atomic E-state index is 13.2. The maximum absolute atomic E-state index is 13.2. The summed E-state index contributed by atoms with van der Waals surface area (Å²) in [5, 5.41) is 2.93. The average Bonchev–Trinajstić information content (AvgIpc) is 2.43. The number of benzene rings is 2. The van der Waals surface area contributed by atoms with Gasteiger partial charge in [-0.1, -0.05) is 39.7 Å². The molecule has 0 bridgehead atoms. The Morgan fingerprint density at radius 3 is 2.62 bits per heavy atom. The summed E-state index contributed by atoms with van der Waals surface area (Å²) in [6.45, 7) is 0. The van der Waals surface area contributed by atoms with E-state index in [0.29, 0.717) is 15.2 Å². The van der Waals surface area contributed by atoms with Crippen LogP contribution in [0.4, 0.5) is 10.1 Å². The molecule has 7 heteroatoms. The minimum atomic E-state index is -0.490. The van der Waals surface area contributed by atoms with Gasteiger partial charge in [-0.05, 0) is 36.4 Å². The normalized spacial score (nSPS) is 10.2. The second kappa shape index (κ2) is 6.51. The largest absolute Gasteiger partial charge is 0.389 e. The van der Waals surface area contributed by atoms with Crippen molar-refractivity contribution in [3.05, 3.63) is 62.8 Å². The van der Waals surface area contributed by atoms with Crippen LogP contribution >= 0.6 is 39.7 Å². The summed E-state index contributed by atoms with van der Waals surface area (Å²) >= 11 is 14.1. The summed E-state index contributed by atoms with van der Waals surface area (Å²) in [5.74, 6) is -0.929. The zero-order valence-electron chi connectivity index (χ0n) is 10.5. The first-order valence-corrected chi connectivity index (χ1v) is 7.32. The molecule has 2 aromatic rings. The summed E-state index contributed by atoms with van der Waals surface area (Å²) in [6, 6.07) is 8.67. The lowest BCUT2D eigenvalue weighted by Gasteiger charge is -2.11. The van der Waals surface area contributed by atoms with Crippen molar-refractivity contribution in [2.45, 2.75) is 0 Å². The molecule has 21 heavy (non-hydrogen) atoms. The van der Waals surface area contributed by atoms with E-state index in [1.165, 1.54) is 18.2 Å². The predicted molar refractivity (Wildman–Crippen MR) is 89.4 cm³/mol. The zero-order chi connectivity index (χ0) is 15.6. The molecule has 0 aromatic heterocycles. The third kappa shape index (κ3) is 3.78. The SMILES string of the molecule is NC(=S)c1cc(F)ccc1NC(=O)c1cc(Br)ccc1Cl. The standard InChI is InChI=1S/C14H9BrClFN2OS/c15-7-1-3-11(16)9(5-7)14(20)19-12-4-2-8(17)6-10(12)13(18)21/h1-6H,(H2,18,21)(H,19,20). The smallest absolute Gasteiger partial charge is 0.257 e. The van der Waals surface area contributed by atoms with Crippen LogP contribution in [0.1, 0.15) is 15.9 Å². The number of nitrogens with two attached hydrogens (primary N) is 1. The fourth-order valence-electron chi connectivity index (χ4n) is 1.69. The second-order valence-electron chi connectivity index (χ2n) is 4.13. The van der Waals surface area contributed by atoms with Gasteiger partial charge in [-0.25, -0.2) is 4.39 Å². The predicted octanol–water partition coefficient (Wildman–Crippen LogP) is 4.13. The quantitative estimate of drug-likeness (QED) is 0.779. The van der Waals surface area contributed by atoms with E-state index in [9.17, 15) is 9.18 Å². The lowest BCUT2D eigenvalue weighted by Crippen LogP contribution is -2.18. The van der Waals surface area contributed by atoms with Crippen molar-refractivity contribution in [2.75, 3.05) is 5.32 Å². The van der Waals surface area contributed by atoms with Gasteiger partial charge in [0.25, 0.3) is 5.91 Å². The van der Waals surface area contributed by atoms with Crippen LogP contribution in [0, 0.1) is 5.82 Å². The molecule has 0 fully saturated rings. The Morgan fingerprint density at radius 1 is 1.24 bits per heavy atom. The van der Waals surface area contributed by atoms with Crippen molar-refractivity contribution in [3.8, 4) is 0 Å². The molecule has 0 saturated carbocycles. The molecule has 2 rings (SSSR count). The van der Waals surface area contributed by atoms with Gasteiger partial charge in [-0.15, -0.1) is 0 Å². The average molecular weight is 388 g/mol. The molecule has 0 aliphatic carbocycles. The van der Waals surface area contributed by atoms with Crippen molar-refractivity contribution >= 4 is 56.3 Å². The minimum Gasteiger partial charge on any atom is -0.389 e. The van der Waals surface area contributed by atoms with Gasteiger partial charge in [0.1, 0.15) is 10.8 Å². The number of amides is 1. The molecular formula is C14H9BrClFN2OS. The molecule has 108 valence electrons. The van der Waals surface area contributed by atoms with E-state index in [4.69, 9.17) is 29.6 Å². The summed E-state index contributed by atoms with van der Waals surface area (Å²) < 4.78 is 13.9. The van der Waals surface area contributed by atoms with Crippen LogP contribution in [0.5, 0.6) is 0 Å². The van der Waals surface area contributed by atoms with E-state index in [0.717, 1.165) is 0 Å². The van der Waals surface area contributed by atoms with E-state index < -0.39 is 11.7 Å². The number of carbonyl (C=O) groups excluding carboxylic acids is 1. The highest BCUT2D eigenvalue weighted by molar-refractivity contribution is 9.10. The van der Waals surface area contributed by atoms with Crippen LogP contribution in [-0.2, 0) is 0 Å². The van der Waals surface area contributed by atoms with Crippen molar-refractivity contribution in [1.29, 1.82) is 0 Å². The fraction of sp³-hybridized carbons (Fsp3) is 0. The highest BCUT2D eigenvalue weighted by Crippen LogP contribution is 2.23. The van der Waals surface area contributed by atoms with Crippen LogP contribution < -0.4 is 11.1 Å². The molecule has 0 unspecified atom stereocenters. The Labute approximate surface area is 139 Å². The van der Waals surface area contributed by atoms with Crippen LogP contribution in [0.15, 0.2) is 40.9 Å². The summed E-state index contributed by atoms with van der Waals surface area (Å²) in [7, 11) is 0. The highest BCUT2D eigenvalue weighted by Gasteiger charge is 2.14. The third-order valence-corrected chi connectivity index (χ3v) is 3.71. The first kappa shape index (κ1) is 15.9. The van der Waals surface area contributed by atoms with Gasteiger partial charge in [0.2, 0.25) is 0 Å². The number of hydrogen-bond acceptors (Lipinski definition) is 2. The molecule has 0 heterocycles. The van der Waals surface area contributed by atoms with Crippen LogP contribution in [0.2, 0.25) is 5.02 Å². The van der Waals surface area contributed by atoms with Gasteiger partial charge in [-0.2, -0.15) is 0 Å². The molecule has 0 atom stereocenters. The molecule has 0 aliphatic rings. The van der Waals surface area contributed by atoms with Crippen molar-refractivity contribution in [3.63, 3.8) is 0 Å². The number of nitrogens with one attached hydrogen (secondary N) is 1. The Morgan fingerprint density at radius 2 is 1.95 bits per heavy atom. The Kier molecular flexibility index (Phi) is 4.92. The molecular weight excluding hydrogens is 379 g/mol. The van der Waals surface area contributed by atoms with Crippen molar-refractivity contribution in [2.24, 2.45) is 5.73 Å². The van der Waals surface area contributed by atoms with Gasteiger partial charge in [0, 0.05) is 10.0 Å². The zero-order valence-corrected chi connectivity index (χ0v) is 13.7. The lowest BCUT2D eigenvalue weighted by molar-refractivity contribution is 0.102. The summed E-state index contributed by atoms with van der Waals surface area (Å²) in [5.41, 5.74) is 6.39. The van der Waals surface area contributed by atoms with Gasteiger partial charge in [-0.3, -0.25) is 4.79 Å². The molecule has 0 aliphatic heterocycles. The third-order valence-electron chi connectivity index (χ3n) is 2.67. The van der Waals surface area contributed by atoms with E-state index in [-0.39, 0.29) is 16.1 Å². The van der Waals surface area contributed by atoms with Gasteiger partial charge < -0.3 is 11.1 Å². The highest BCUT2D eigenvalue weighted by atomic mass is 79.9. The topological polar surface area (TPSA) is 55.1 Å². The lowest BCUT2D eigenvalue weighted by atomic mass is 10.1. The number of rotatable bonds is 3. The van der Waals surface area contributed by atoms with E-state index >= 15 is 0 Å². The molecule has 3 N–H and O–H groups in total. The monoisotopic (exact) mass is 386 g/mol. The van der Waals surface area contributed by atoms with Crippen molar-refractivity contribution < 1.29 is 9.18 Å². The summed E-state index contributed by atoms with van der Waals surface area (Å²) in [4.78, 5) is 12.2. The van der Waals surface area contributed by atoms with Crippen LogP contribution in [-0.4, -0.2) is 10.9 Å². The van der Waals surface area contributed by atoms with Gasteiger partial charge in [0.15, 0.2) is 0 Å². The molecule has 3 nitrogen and oxygen atoms in total. The first-order chi connectivity index (χ1) is 9.88. The van der Waals surface area contributed by atoms with Gasteiger partial charge in [0.05, 0.1) is 16.3 Å². The van der Waals surface area contributed by atoms with E-state index in [1.807, 2.05) is 0 Å². The van der Waals surface area contributed by atoms with Crippen LogP contribution in [0.3, 0.4) is 0 Å². The molecule has 0 spiro atoms. The second-order valence-corrected chi connectivity index (χ2v) is 5.90. The first-order valence-electron chi connectivity index (χ1n) is 5.74. The van der Waals surface area contributed by atoms with Crippen molar-refractivity contribution in [1.82, 2.24) is 0 Å². The summed E-state index contributed by atoms with van der Waals surface area (Å²) in [6.07, 6.45) is 0.